The number of carbonyl (C=O) groups excluding carboxylic acids is 2. The summed E-state index contributed by atoms with van der Waals surface area (Å²) in [6, 6.07) is 6.95. The van der Waals surface area contributed by atoms with E-state index in [1.165, 1.54) is 0 Å². The third-order valence-corrected chi connectivity index (χ3v) is 5.05. The first-order valence-corrected chi connectivity index (χ1v) is 10.3. The molecule has 6 heteroatoms. The molecule has 154 valence electrons. The van der Waals surface area contributed by atoms with Gasteiger partial charge in [-0.2, -0.15) is 0 Å². The Kier molecular flexibility index (Phi) is 8.36. The molecule has 6 nitrogen and oxygen atoms in total. The van der Waals surface area contributed by atoms with E-state index in [0.29, 0.717) is 30.2 Å². The summed E-state index contributed by atoms with van der Waals surface area (Å²) < 4.78 is 5.68. The highest BCUT2D eigenvalue weighted by atomic mass is 16.5. The number of hydrogen-bond acceptors (Lipinski definition) is 4. The topological polar surface area (TPSA) is 79.5 Å². The summed E-state index contributed by atoms with van der Waals surface area (Å²) in [5.41, 5.74) is 2.91. The second-order valence-electron chi connectivity index (χ2n) is 7.09. The molecule has 3 N–H and O–H groups in total. The average Bonchev–Trinajstić information content (AvgIpc) is 2.70. The first-order chi connectivity index (χ1) is 13.5. The molecule has 2 amide bonds. The molecule has 1 aliphatic rings. The molecule has 1 aliphatic heterocycles. The van der Waals surface area contributed by atoms with E-state index < -0.39 is 6.04 Å². The van der Waals surface area contributed by atoms with Crippen molar-refractivity contribution < 1.29 is 14.3 Å². The van der Waals surface area contributed by atoms with Crippen molar-refractivity contribution in [3.05, 3.63) is 41.1 Å². The summed E-state index contributed by atoms with van der Waals surface area (Å²) in [4.78, 5) is 25.2. The maximum Gasteiger partial charge on any atom is 0.338 e. The van der Waals surface area contributed by atoms with Gasteiger partial charge >= 0.3 is 12.0 Å². The van der Waals surface area contributed by atoms with Gasteiger partial charge in [0.05, 0.1) is 18.2 Å². The lowest BCUT2D eigenvalue weighted by atomic mass is 9.94. The fraction of sp³-hybridized carbons (Fsp3) is 0.545. The number of esters is 1. The van der Waals surface area contributed by atoms with Gasteiger partial charge in [0.15, 0.2) is 0 Å². The van der Waals surface area contributed by atoms with Crippen molar-refractivity contribution in [3.8, 4) is 0 Å². The molecule has 0 fully saturated rings. The minimum absolute atomic E-state index is 0.301. The first kappa shape index (κ1) is 21.8. The smallest absolute Gasteiger partial charge is 0.338 e. The normalized spacial score (nSPS) is 17.6. The number of hydrogen-bond donors (Lipinski definition) is 3. The van der Waals surface area contributed by atoms with Crippen molar-refractivity contribution in [1.82, 2.24) is 10.6 Å². The standard InChI is InChI=1S/C22H33N3O3/c1-5-10-15(6-2)14-28-21(26)19-18(7-3)24-22(27)25-20(19)16-11-9-12-17(13-16)23-8-4/h9,11-13,15,20,23H,5-8,10,14H2,1-4H3,(H2,24,25,27). The lowest BCUT2D eigenvalue weighted by Gasteiger charge is -2.29. The number of ether oxygens (including phenoxy) is 1. The lowest BCUT2D eigenvalue weighted by Crippen LogP contribution is -2.46. The van der Waals surface area contributed by atoms with Crippen molar-refractivity contribution in [1.29, 1.82) is 0 Å². The summed E-state index contributed by atoms with van der Waals surface area (Å²) in [5.74, 6) is -0.000874. The highest BCUT2D eigenvalue weighted by Crippen LogP contribution is 2.30. The van der Waals surface area contributed by atoms with Crippen LogP contribution in [-0.4, -0.2) is 25.2 Å². The third kappa shape index (κ3) is 5.50. The Morgan fingerprint density at radius 1 is 1.25 bits per heavy atom. The van der Waals surface area contributed by atoms with Crippen LogP contribution in [0.1, 0.15) is 65.0 Å². The largest absolute Gasteiger partial charge is 0.462 e. The summed E-state index contributed by atoms with van der Waals surface area (Å²) in [7, 11) is 0. The van der Waals surface area contributed by atoms with Gasteiger partial charge in [-0.1, -0.05) is 45.7 Å². The van der Waals surface area contributed by atoms with Crippen molar-refractivity contribution in [2.24, 2.45) is 5.92 Å². The van der Waals surface area contributed by atoms with Gasteiger partial charge in [0.25, 0.3) is 0 Å². The Labute approximate surface area is 168 Å². The van der Waals surface area contributed by atoms with Gasteiger partial charge in [-0.05, 0) is 43.4 Å². The predicted octanol–water partition coefficient (Wildman–Crippen LogP) is 4.51. The van der Waals surface area contributed by atoms with E-state index in [1.54, 1.807) is 0 Å². The molecule has 0 saturated carbocycles. The fourth-order valence-electron chi connectivity index (χ4n) is 3.51. The minimum Gasteiger partial charge on any atom is -0.462 e. The van der Waals surface area contributed by atoms with Crippen molar-refractivity contribution in [2.75, 3.05) is 18.5 Å². The van der Waals surface area contributed by atoms with Gasteiger partial charge in [-0.15, -0.1) is 0 Å². The van der Waals surface area contributed by atoms with Crippen LogP contribution >= 0.6 is 0 Å². The molecular weight excluding hydrogens is 354 g/mol. The average molecular weight is 388 g/mol. The number of benzene rings is 1. The molecule has 0 saturated heterocycles. The van der Waals surface area contributed by atoms with Gasteiger partial charge in [-0.3, -0.25) is 0 Å². The van der Waals surface area contributed by atoms with Crippen LogP contribution in [0.5, 0.6) is 0 Å². The summed E-state index contributed by atoms with van der Waals surface area (Å²) >= 11 is 0. The molecule has 2 atom stereocenters. The molecule has 2 rings (SSSR count). The summed E-state index contributed by atoms with van der Waals surface area (Å²) in [5, 5.41) is 8.93. The SMILES string of the molecule is CCCC(CC)COC(=O)C1=C(CC)NC(=O)NC1c1cccc(NCC)c1. The molecule has 2 unspecified atom stereocenters. The second kappa shape index (κ2) is 10.7. The molecule has 0 bridgehead atoms. The van der Waals surface area contributed by atoms with Crippen LogP contribution in [0, 0.1) is 5.92 Å². The molecule has 28 heavy (non-hydrogen) atoms. The van der Waals surface area contributed by atoms with Crippen LogP contribution in [-0.2, 0) is 9.53 Å². The van der Waals surface area contributed by atoms with E-state index in [9.17, 15) is 9.59 Å². The van der Waals surface area contributed by atoms with E-state index in [-0.39, 0.29) is 12.0 Å². The van der Waals surface area contributed by atoms with E-state index >= 15 is 0 Å². The Balaban J connectivity index is 2.31. The number of rotatable bonds is 10. The van der Waals surface area contributed by atoms with Gasteiger partial charge in [0.2, 0.25) is 0 Å². The maximum atomic E-state index is 13.0. The quantitative estimate of drug-likeness (QED) is 0.516. The number of urea groups is 1. The minimum atomic E-state index is -0.527. The van der Waals surface area contributed by atoms with Gasteiger partial charge in [0, 0.05) is 17.9 Å². The first-order valence-electron chi connectivity index (χ1n) is 10.3. The zero-order valence-corrected chi connectivity index (χ0v) is 17.4. The zero-order chi connectivity index (χ0) is 20.5. The zero-order valence-electron chi connectivity index (χ0n) is 17.4. The third-order valence-electron chi connectivity index (χ3n) is 5.05. The summed E-state index contributed by atoms with van der Waals surface area (Å²) in [6.07, 6.45) is 3.63. The van der Waals surface area contributed by atoms with Crippen LogP contribution in [0.2, 0.25) is 0 Å². The van der Waals surface area contributed by atoms with Crippen LogP contribution in [0.4, 0.5) is 10.5 Å². The van der Waals surface area contributed by atoms with Crippen LogP contribution in [0.3, 0.4) is 0 Å². The van der Waals surface area contributed by atoms with Crippen LogP contribution in [0.15, 0.2) is 35.5 Å². The highest BCUT2D eigenvalue weighted by molar-refractivity contribution is 5.95. The molecule has 1 aromatic carbocycles. The predicted molar refractivity (Wildman–Crippen MR) is 112 cm³/mol. The van der Waals surface area contributed by atoms with Gasteiger partial charge in [0.1, 0.15) is 0 Å². The van der Waals surface area contributed by atoms with Crippen molar-refractivity contribution in [2.45, 2.75) is 59.4 Å². The summed E-state index contributed by atoms with van der Waals surface area (Å²) in [6.45, 7) is 9.40. The Morgan fingerprint density at radius 3 is 2.68 bits per heavy atom. The molecule has 1 aromatic rings. The molecular formula is C22H33N3O3. The second-order valence-corrected chi connectivity index (χ2v) is 7.09. The van der Waals surface area contributed by atoms with Gasteiger partial charge < -0.3 is 20.7 Å². The lowest BCUT2D eigenvalue weighted by molar-refractivity contribution is -0.141. The number of amides is 2. The van der Waals surface area contributed by atoms with E-state index in [4.69, 9.17) is 4.74 Å². The molecule has 0 aliphatic carbocycles. The number of nitrogens with one attached hydrogen (secondary N) is 3. The van der Waals surface area contributed by atoms with Crippen LogP contribution < -0.4 is 16.0 Å². The number of carbonyl (C=O) groups is 2. The molecule has 0 spiro atoms. The van der Waals surface area contributed by atoms with E-state index in [1.807, 2.05) is 38.1 Å². The molecule has 1 heterocycles. The van der Waals surface area contributed by atoms with Crippen molar-refractivity contribution in [3.63, 3.8) is 0 Å². The number of anilines is 1. The van der Waals surface area contributed by atoms with Crippen molar-refractivity contribution >= 4 is 17.7 Å². The fourth-order valence-corrected chi connectivity index (χ4v) is 3.51. The monoisotopic (exact) mass is 387 g/mol. The van der Waals surface area contributed by atoms with Crippen LogP contribution in [0.25, 0.3) is 0 Å². The highest BCUT2D eigenvalue weighted by Gasteiger charge is 2.33. The Hall–Kier alpha value is -2.50. The Bertz CT molecular complexity index is 715. The van der Waals surface area contributed by atoms with E-state index in [2.05, 4.69) is 29.8 Å². The molecule has 0 aromatic heterocycles. The number of allylic oxidation sites excluding steroid dienone is 1. The Morgan fingerprint density at radius 2 is 2.04 bits per heavy atom. The van der Waals surface area contributed by atoms with E-state index in [0.717, 1.165) is 37.1 Å². The van der Waals surface area contributed by atoms with Gasteiger partial charge in [-0.25, -0.2) is 9.59 Å². The molecule has 0 radical (unpaired) electrons. The maximum absolute atomic E-state index is 13.0.